The Hall–Kier alpha value is -2.04. The number of hydrogen-bond acceptors (Lipinski definition) is 2. The molecule has 0 bridgehead atoms. The Bertz CT molecular complexity index is 950. The van der Waals surface area contributed by atoms with E-state index in [-0.39, 0.29) is 0 Å². The Morgan fingerprint density at radius 1 is 1.00 bits per heavy atom. The molecule has 5 heteroatoms. The zero-order valence-electron chi connectivity index (χ0n) is 12.6. The number of hydrogen-bond donors (Lipinski definition) is 1. The van der Waals surface area contributed by atoms with Gasteiger partial charge in [0, 0.05) is 10.7 Å². The van der Waals surface area contributed by atoms with Crippen molar-refractivity contribution in [1.82, 2.24) is 0 Å². The first-order valence-electron chi connectivity index (χ1n) is 7.15. The van der Waals surface area contributed by atoms with E-state index in [0.29, 0.717) is 17.1 Å². The van der Waals surface area contributed by atoms with Gasteiger partial charge in [0.25, 0.3) is 0 Å². The summed E-state index contributed by atoms with van der Waals surface area (Å²) in [6, 6.07) is 19.4. The lowest BCUT2D eigenvalue weighted by Crippen LogP contribution is -2.09. The van der Waals surface area contributed by atoms with E-state index in [0.717, 1.165) is 28.2 Å². The highest BCUT2D eigenvalue weighted by molar-refractivity contribution is 7.92. The summed E-state index contributed by atoms with van der Waals surface area (Å²) in [6.07, 6.45) is 1.86. The minimum absolute atomic E-state index is 0.579. The van der Waals surface area contributed by atoms with Crippen LogP contribution >= 0.6 is 11.6 Å². The molecule has 0 radical (unpaired) electrons. The largest absolute Gasteiger partial charge is 0.284 e. The molecule has 0 aliphatic heterocycles. The van der Waals surface area contributed by atoms with Crippen LogP contribution in [0.15, 0.2) is 60.7 Å². The molecule has 23 heavy (non-hydrogen) atoms. The molecule has 118 valence electrons. The Morgan fingerprint density at radius 2 is 1.70 bits per heavy atom. The minimum Gasteiger partial charge on any atom is -0.284 e. The molecule has 0 unspecified atom stereocenters. The first-order valence-corrected chi connectivity index (χ1v) is 9.41. The molecule has 0 aliphatic rings. The predicted octanol–water partition coefficient (Wildman–Crippen LogP) is 4.46. The maximum atomic E-state index is 11.5. The first-order chi connectivity index (χ1) is 10.9. The number of nitrogens with one attached hydrogen (secondary N) is 1. The molecule has 0 aromatic heterocycles. The predicted molar refractivity (Wildman–Crippen MR) is 96.7 cm³/mol. The van der Waals surface area contributed by atoms with Crippen molar-refractivity contribution in [2.45, 2.75) is 6.42 Å². The van der Waals surface area contributed by atoms with Gasteiger partial charge in [0.15, 0.2) is 0 Å². The van der Waals surface area contributed by atoms with E-state index >= 15 is 0 Å². The average molecular weight is 346 g/mol. The molecule has 0 atom stereocenters. The fourth-order valence-electron chi connectivity index (χ4n) is 2.63. The van der Waals surface area contributed by atoms with Gasteiger partial charge in [0.05, 0.1) is 6.26 Å². The number of anilines is 1. The summed E-state index contributed by atoms with van der Waals surface area (Å²) in [5, 5.41) is 2.82. The summed E-state index contributed by atoms with van der Waals surface area (Å²) in [5.41, 5.74) is 2.77. The third-order valence-electron chi connectivity index (χ3n) is 3.56. The molecule has 0 fully saturated rings. The summed E-state index contributed by atoms with van der Waals surface area (Å²) < 4.78 is 25.6. The van der Waals surface area contributed by atoms with Crippen LogP contribution in [0.5, 0.6) is 0 Å². The fraction of sp³-hybridized carbons (Fsp3) is 0.111. The van der Waals surface area contributed by atoms with Gasteiger partial charge in [-0.1, -0.05) is 48.0 Å². The lowest BCUT2D eigenvalue weighted by atomic mass is 9.98. The number of fused-ring (bicyclic) bond motifs is 1. The second kappa shape index (κ2) is 6.22. The van der Waals surface area contributed by atoms with Crippen LogP contribution in [0.25, 0.3) is 10.8 Å². The van der Waals surface area contributed by atoms with Crippen molar-refractivity contribution in [2.75, 3.05) is 11.0 Å². The molecule has 0 amide bonds. The number of halogens is 1. The molecular formula is C18H16ClNO2S. The quantitative estimate of drug-likeness (QED) is 0.759. The molecular weight excluding hydrogens is 330 g/mol. The van der Waals surface area contributed by atoms with Crippen molar-refractivity contribution < 1.29 is 8.42 Å². The van der Waals surface area contributed by atoms with E-state index in [1.54, 1.807) is 0 Å². The van der Waals surface area contributed by atoms with Crippen molar-refractivity contribution in [1.29, 1.82) is 0 Å². The second-order valence-electron chi connectivity index (χ2n) is 5.53. The van der Waals surface area contributed by atoms with Crippen molar-refractivity contribution in [3.63, 3.8) is 0 Å². The Labute approximate surface area is 141 Å². The monoisotopic (exact) mass is 345 g/mol. The molecule has 3 aromatic rings. The van der Waals surface area contributed by atoms with Crippen LogP contribution in [-0.2, 0) is 16.4 Å². The smallest absolute Gasteiger partial charge is 0.229 e. The van der Waals surface area contributed by atoms with E-state index in [1.807, 2.05) is 60.7 Å². The molecule has 3 nitrogen and oxygen atoms in total. The van der Waals surface area contributed by atoms with E-state index in [9.17, 15) is 8.42 Å². The molecule has 0 saturated carbocycles. The number of rotatable bonds is 4. The highest BCUT2D eigenvalue weighted by Crippen LogP contribution is 2.27. The van der Waals surface area contributed by atoms with Crippen molar-refractivity contribution in [3.8, 4) is 0 Å². The third kappa shape index (κ3) is 4.03. The average Bonchev–Trinajstić information content (AvgIpc) is 2.48. The molecule has 0 saturated heterocycles. The van der Waals surface area contributed by atoms with Gasteiger partial charge < -0.3 is 0 Å². The summed E-state index contributed by atoms with van der Waals surface area (Å²) in [5.74, 6) is 0. The van der Waals surface area contributed by atoms with E-state index in [1.165, 1.54) is 0 Å². The maximum absolute atomic E-state index is 11.5. The van der Waals surface area contributed by atoms with Crippen LogP contribution in [0.1, 0.15) is 11.1 Å². The lowest BCUT2D eigenvalue weighted by molar-refractivity contribution is 0.607. The van der Waals surface area contributed by atoms with E-state index in [2.05, 4.69) is 4.72 Å². The SMILES string of the molecule is CS(=O)(=O)Nc1cc(Cc2ccc(Cl)cc2)c2ccccc2c1. The highest BCUT2D eigenvalue weighted by Gasteiger charge is 2.08. The second-order valence-corrected chi connectivity index (χ2v) is 7.72. The first kappa shape index (κ1) is 15.8. The van der Waals surface area contributed by atoms with Gasteiger partial charge in [-0.15, -0.1) is 0 Å². The van der Waals surface area contributed by atoms with Crippen LogP contribution in [0, 0.1) is 0 Å². The summed E-state index contributed by atoms with van der Waals surface area (Å²) in [6.45, 7) is 0. The van der Waals surface area contributed by atoms with Gasteiger partial charge in [-0.25, -0.2) is 8.42 Å². The Kier molecular flexibility index (Phi) is 4.28. The van der Waals surface area contributed by atoms with Crippen LogP contribution in [0.3, 0.4) is 0 Å². The molecule has 0 aliphatic carbocycles. The number of benzene rings is 3. The lowest BCUT2D eigenvalue weighted by Gasteiger charge is -2.11. The van der Waals surface area contributed by atoms with Gasteiger partial charge in [-0.3, -0.25) is 4.72 Å². The molecule has 1 N–H and O–H groups in total. The summed E-state index contributed by atoms with van der Waals surface area (Å²) in [7, 11) is -3.31. The van der Waals surface area contributed by atoms with Crippen LogP contribution in [0.4, 0.5) is 5.69 Å². The summed E-state index contributed by atoms with van der Waals surface area (Å²) in [4.78, 5) is 0. The maximum Gasteiger partial charge on any atom is 0.229 e. The van der Waals surface area contributed by atoms with E-state index in [4.69, 9.17) is 11.6 Å². The molecule has 3 rings (SSSR count). The highest BCUT2D eigenvalue weighted by atomic mass is 35.5. The number of sulfonamides is 1. The molecule has 3 aromatic carbocycles. The Morgan fingerprint density at radius 3 is 2.39 bits per heavy atom. The van der Waals surface area contributed by atoms with Crippen LogP contribution in [0.2, 0.25) is 5.02 Å². The zero-order chi connectivity index (χ0) is 16.4. The van der Waals surface area contributed by atoms with Gasteiger partial charge in [-0.2, -0.15) is 0 Å². The van der Waals surface area contributed by atoms with Gasteiger partial charge in [-0.05, 0) is 52.6 Å². The van der Waals surface area contributed by atoms with E-state index < -0.39 is 10.0 Å². The minimum atomic E-state index is -3.31. The summed E-state index contributed by atoms with van der Waals surface area (Å²) >= 11 is 5.93. The van der Waals surface area contributed by atoms with Crippen LogP contribution in [-0.4, -0.2) is 14.7 Å². The van der Waals surface area contributed by atoms with Crippen molar-refractivity contribution in [3.05, 3.63) is 76.8 Å². The Balaban J connectivity index is 2.07. The fourth-order valence-corrected chi connectivity index (χ4v) is 3.30. The third-order valence-corrected chi connectivity index (χ3v) is 4.42. The van der Waals surface area contributed by atoms with Crippen LogP contribution < -0.4 is 4.72 Å². The molecule has 0 heterocycles. The van der Waals surface area contributed by atoms with Crippen molar-refractivity contribution >= 4 is 38.1 Å². The normalized spacial score (nSPS) is 11.6. The van der Waals surface area contributed by atoms with Gasteiger partial charge in [0.2, 0.25) is 10.0 Å². The molecule has 0 spiro atoms. The van der Waals surface area contributed by atoms with Crippen molar-refractivity contribution in [2.24, 2.45) is 0 Å². The topological polar surface area (TPSA) is 46.2 Å². The van der Waals surface area contributed by atoms with Gasteiger partial charge in [0.1, 0.15) is 0 Å². The standard InChI is InChI=1S/C18H16ClNO2S/c1-23(21,22)20-17-11-14-4-2-3-5-18(14)15(12-17)10-13-6-8-16(19)9-7-13/h2-9,11-12,20H,10H2,1H3. The van der Waals surface area contributed by atoms with Gasteiger partial charge >= 0.3 is 0 Å². The zero-order valence-corrected chi connectivity index (χ0v) is 14.2.